The first-order valence-electron chi connectivity index (χ1n) is 34.5. The minimum absolute atomic E-state index is 0.0250. The fourth-order valence-corrected chi connectivity index (χ4v) is 11.3. The number of ketones is 1. The number of nitrogens with zero attached hydrogens (tertiary/aromatic N) is 6. The molecule has 1 saturated heterocycles. The lowest BCUT2D eigenvalue weighted by atomic mass is 9.84. The van der Waals surface area contributed by atoms with Gasteiger partial charge in [0, 0.05) is 75.6 Å². The van der Waals surface area contributed by atoms with Crippen LogP contribution in [-0.2, 0) is 68.7 Å². The van der Waals surface area contributed by atoms with Crippen molar-refractivity contribution >= 4 is 123 Å². The molecule has 2 heterocycles. The minimum Gasteiger partial charge on any atom is -0.497 e. The van der Waals surface area contributed by atoms with Gasteiger partial charge >= 0.3 is 11.6 Å². The van der Waals surface area contributed by atoms with Gasteiger partial charge in [-0.05, 0) is 107 Å². The van der Waals surface area contributed by atoms with E-state index in [4.69, 9.17) is 60.8 Å². The molecule has 0 spiro atoms. The molecule has 1 aromatic heterocycles. The Morgan fingerprint density at radius 3 is 1.78 bits per heavy atom. The van der Waals surface area contributed by atoms with Crippen LogP contribution in [0.2, 0.25) is 0 Å². The molecule has 4 rings (SSSR count). The van der Waals surface area contributed by atoms with Crippen molar-refractivity contribution in [2.75, 3.05) is 51.7 Å². The molecule has 0 saturated carbocycles. The summed E-state index contributed by atoms with van der Waals surface area (Å²) in [6.45, 7) is 2.35. The lowest BCUT2D eigenvalue weighted by Gasteiger charge is -2.34. The molecule has 602 valence electrons. The number of aliphatic imine (C=N–C) groups is 3. The predicted octanol–water partition coefficient (Wildman–Crippen LogP) is -6.12. The lowest BCUT2D eigenvalue weighted by Crippen LogP contribution is -2.63. The van der Waals surface area contributed by atoms with E-state index in [1.165, 1.54) is 19.2 Å². The Bertz CT molecular complexity index is 4040. The van der Waals surface area contributed by atoms with Crippen LogP contribution in [0.4, 0.5) is 17.1 Å². The van der Waals surface area contributed by atoms with Gasteiger partial charge in [0.25, 0.3) is 17.3 Å². The molecule has 110 heavy (non-hydrogen) atoms. The summed E-state index contributed by atoms with van der Waals surface area (Å²) in [6.07, 6.45) is -3.52. The molecule has 3 aromatic rings. The largest absolute Gasteiger partial charge is 0.497 e. The number of fused-ring (bicyclic) bond motifs is 1. The van der Waals surface area contributed by atoms with Crippen molar-refractivity contribution in [2.24, 2.45) is 72.5 Å². The fraction of sp³-hybridized carbons (Fsp3) is 0.523. The number of anilines is 1. The number of carboxylic acids is 1. The number of non-ortho nitro benzene ring substituents is 1. The number of hydrogen-bond acceptors (Lipinski definition) is 25. The van der Waals surface area contributed by atoms with E-state index in [0.717, 1.165) is 30.0 Å². The number of nitro benzene ring substituents is 2. The Kier molecular flexibility index (Phi) is 35.0. The third kappa shape index (κ3) is 28.8. The topological polar surface area (TPSA) is 751 Å². The van der Waals surface area contributed by atoms with Gasteiger partial charge in [0.05, 0.1) is 29.6 Å². The molecule has 0 radical (unpaired) electrons. The number of amides is 11. The second-order valence-electron chi connectivity index (χ2n) is 25.9. The van der Waals surface area contributed by atoms with Crippen molar-refractivity contribution in [1.82, 2.24) is 47.4 Å². The molecule has 45 nitrogen and oxygen atoms in total. The number of methoxy groups -OCH3 is 1. The standard InChI is InChI=1S/C65H96N24O21/c1-32(2)25-43(81-50(92)31-79-55(98)41(16-18-49(66)91)85-60(103)45-11-7-24-87(45)61(104)65(74,20-8-23-77-64(72)73)48(90)26-34-27-52(95)110-47-29-36(109-4)13-14-37(34)47)58(101)86-44(30-78-38-15-12-35(88(105)106)28-46(38)89(107)108)59(102)80-33(3)54(97)83-40(10-6-22-76-63(70)71)56(99)84-42(17-19-51(93)94)57(100)82-39(53(67)96)9-5-21-75-62(68)69/h12-15,27-29,32-33,39-45,78H,5-11,16-26,30-31,74H2,1-4H3,(H2,66,91)(H2,67,96)(H,79,98)(H,80,102)(H,81,92)(H,82,100)(H,83,97)(H,84,99)(H,85,103)(H,86,101)(H,93,94)(H4,68,69,75)(H4,70,71,76)(H4,72,73,77)/t33-,39+,40+,41-,42+,43-,44-,45-,65-/m0/s1. The van der Waals surface area contributed by atoms with Crippen LogP contribution in [-0.4, -0.2) is 215 Å². The number of guanidine groups is 3. The number of nitro groups is 2. The van der Waals surface area contributed by atoms with Gasteiger partial charge in [-0.2, -0.15) is 0 Å². The number of likely N-dealkylation sites (tertiary alicyclic amines) is 1. The van der Waals surface area contributed by atoms with Crippen LogP contribution in [0, 0.1) is 26.1 Å². The number of carboxylic acid groups (broad SMARTS) is 1. The lowest BCUT2D eigenvalue weighted by molar-refractivity contribution is -0.393. The number of nitrogens with one attached hydrogen (secondary N) is 9. The summed E-state index contributed by atoms with van der Waals surface area (Å²) in [5.74, 6) is -14.9. The molecule has 11 amide bonds. The molecular weight excluding hydrogens is 1450 g/mol. The number of hydrogen-bond donors (Lipinski definition) is 19. The molecule has 1 aliphatic heterocycles. The highest BCUT2D eigenvalue weighted by atomic mass is 16.6. The van der Waals surface area contributed by atoms with Crippen molar-refractivity contribution in [3.63, 3.8) is 0 Å². The summed E-state index contributed by atoms with van der Waals surface area (Å²) < 4.78 is 10.6. The normalized spacial score (nSPS) is 14.8. The summed E-state index contributed by atoms with van der Waals surface area (Å²) >= 11 is 0. The van der Waals surface area contributed by atoms with Crippen molar-refractivity contribution in [3.05, 3.63) is 78.7 Å². The molecule has 1 aliphatic rings. The monoisotopic (exact) mass is 1550 g/mol. The van der Waals surface area contributed by atoms with Crippen LogP contribution in [0.3, 0.4) is 0 Å². The predicted molar refractivity (Wildman–Crippen MR) is 394 cm³/mol. The van der Waals surface area contributed by atoms with Gasteiger partial charge < -0.3 is 119 Å². The fourth-order valence-electron chi connectivity index (χ4n) is 11.3. The van der Waals surface area contributed by atoms with Crippen LogP contribution in [0.1, 0.15) is 110 Å². The molecule has 28 N–H and O–H groups in total. The maximum atomic E-state index is 14.8. The van der Waals surface area contributed by atoms with E-state index in [0.29, 0.717) is 17.2 Å². The third-order valence-electron chi connectivity index (χ3n) is 16.9. The molecule has 0 bridgehead atoms. The van der Waals surface area contributed by atoms with Gasteiger partial charge in [-0.1, -0.05) is 13.8 Å². The zero-order valence-corrected chi connectivity index (χ0v) is 60.9. The Hall–Kier alpha value is -12.9. The summed E-state index contributed by atoms with van der Waals surface area (Å²) in [6, 6.07) is -4.87. The smallest absolute Gasteiger partial charge is 0.336 e. The Balaban J connectivity index is 1.60. The molecule has 45 heteroatoms. The van der Waals surface area contributed by atoms with E-state index < -0.39 is 214 Å². The average molecular weight is 1550 g/mol. The Morgan fingerprint density at radius 1 is 0.655 bits per heavy atom. The number of Topliss-reactive ketones (excluding diaryl/α,β-unsaturated/α-hetero) is 1. The first-order valence-corrected chi connectivity index (χ1v) is 34.5. The second kappa shape index (κ2) is 43.1. The van der Waals surface area contributed by atoms with E-state index in [-0.39, 0.29) is 113 Å². The Morgan fingerprint density at radius 2 is 1.21 bits per heavy atom. The highest BCUT2D eigenvalue weighted by molar-refractivity contribution is 6.13. The highest BCUT2D eigenvalue weighted by Gasteiger charge is 2.48. The van der Waals surface area contributed by atoms with Gasteiger partial charge in [-0.15, -0.1) is 0 Å². The van der Waals surface area contributed by atoms with E-state index in [2.05, 4.69) is 62.8 Å². The summed E-state index contributed by atoms with van der Waals surface area (Å²) in [5, 5.41) is 55.4. The number of primary amides is 2. The molecule has 0 aliphatic carbocycles. The average Bonchev–Trinajstić information content (AvgIpc) is 1.29. The third-order valence-corrected chi connectivity index (χ3v) is 16.9. The zero-order chi connectivity index (χ0) is 82.3. The number of carbonyl (C=O) groups excluding carboxylic acids is 12. The van der Waals surface area contributed by atoms with Gasteiger partial charge in [-0.3, -0.25) is 97.5 Å². The van der Waals surface area contributed by atoms with Crippen LogP contribution in [0.15, 0.2) is 66.7 Å². The van der Waals surface area contributed by atoms with Crippen molar-refractivity contribution in [1.29, 1.82) is 0 Å². The second-order valence-corrected chi connectivity index (χ2v) is 25.9. The molecule has 9 atom stereocenters. The quantitative estimate of drug-likeness (QED) is 0.00476. The van der Waals surface area contributed by atoms with Crippen molar-refractivity contribution < 1.29 is 86.4 Å². The van der Waals surface area contributed by atoms with Crippen LogP contribution >= 0.6 is 0 Å². The number of nitrogens with two attached hydrogens (primary N) is 9. The first-order chi connectivity index (χ1) is 51.7. The van der Waals surface area contributed by atoms with Crippen LogP contribution in [0.5, 0.6) is 5.75 Å². The SMILES string of the molecule is COc1ccc2c(CC(=O)[C@@](N)(CCCN=C(N)N)C(=O)N3CCC[C@H]3C(=O)N[C@@H](CCC(N)=O)C(=O)NCC(=O)N[C@@H](CC(C)C)C(=O)N[C@@H](CNc3ccc([N+](=O)[O-])cc3[N+](=O)[O-])C(=O)N[C@@H](C)C(=O)N[C@H](CCCN=C(N)N)C(=O)N[C@H](CCC(=O)O)C(=O)N[C@H](CCCN=C(N)N)C(N)=O)cc(=O)oc2c1. The van der Waals surface area contributed by atoms with Gasteiger partial charge in [0.1, 0.15) is 65.4 Å². The minimum atomic E-state index is -2.38. The van der Waals surface area contributed by atoms with Crippen molar-refractivity contribution in [3.8, 4) is 5.75 Å². The molecule has 0 unspecified atom stereocenters. The van der Waals surface area contributed by atoms with E-state index in [9.17, 15) is 92.5 Å². The number of benzene rings is 2. The maximum absolute atomic E-state index is 14.8. The van der Waals surface area contributed by atoms with Gasteiger partial charge in [-0.25, -0.2) is 4.79 Å². The number of ether oxygens (including phenoxy) is 1. The van der Waals surface area contributed by atoms with E-state index in [1.54, 1.807) is 19.9 Å². The van der Waals surface area contributed by atoms with Crippen LogP contribution in [0.25, 0.3) is 11.0 Å². The molecular formula is C65H96N24O21. The molecule has 1 fully saturated rings. The van der Waals surface area contributed by atoms with Gasteiger partial charge in [0.15, 0.2) is 29.2 Å². The van der Waals surface area contributed by atoms with E-state index in [1.807, 2.05) is 0 Å². The summed E-state index contributed by atoms with van der Waals surface area (Å²) in [7, 11) is 1.39. The van der Waals surface area contributed by atoms with E-state index >= 15 is 0 Å². The summed E-state index contributed by atoms with van der Waals surface area (Å²) in [4.78, 5) is 226. The summed E-state index contributed by atoms with van der Waals surface area (Å²) in [5.41, 5.74) is 45.5. The van der Waals surface area contributed by atoms with Crippen molar-refractivity contribution in [2.45, 2.75) is 165 Å². The maximum Gasteiger partial charge on any atom is 0.336 e. The number of rotatable bonds is 47. The molecule has 2 aromatic carbocycles. The zero-order valence-electron chi connectivity index (χ0n) is 60.9. The van der Waals surface area contributed by atoms with Gasteiger partial charge in [0.2, 0.25) is 59.1 Å². The first kappa shape index (κ1) is 89.5. The number of carbonyl (C=O) groups is 13. The highest BCUT2D eigenvalue weighted by Crippen LogP contribution is 2.31. The van der Waals surface area contributed by atoms with Crippen LogP contribution < -0.4 is 110 Å². The number of aliphatic carboxylic acids is 1. The Labute approximate surface area is 627 Å².